The number of carbonyl (C=O) groups is 1. The molecule has 0 radical (unpaired) electrons. The number of hydrogen-bond donors (Lipinski definition) is 1. The molecule has 0 aromatic heterocycles. The minimum atomic E-state index is -0.138. The van der Waals surface area contributed by atoms with E-state index in [0.717, 1.165) is 12.0 Å². The number of amides is 1. The van der Waals surface area contributed by atoms with Crippen LogP contribution in [0.5, 0.6) is 5.75 Å². The van der Waals surface area contributed by atoms with Gasteiger partial charge in [0.05, 0.1) is 18.2 Å². The number of halogens is 1. The van der Waals surface area contributed by atoms with Crippen molar-refractivity contribution in [2.45, 2.75) is 33.2 Å². The van der Waals surface area contributed by atoms with Crippen molar-refractivity contribution < 1.29 is 9.53 Å². The summed E-state index contributed by atoms with van der Waals surface area (Å²) in [5, 5.41) is 3.52. The summed E-state index contributed by atoms with van der Waals surface area (Å²) in [6, 6.07) is 11.3. The van der Waals surface area contributed by atoms with Crippen LogP contribution in [0.1, 0.15) is 46.4 Å². The molecule has 2 aromatic rings. The fourth-order valence-corrected chi connectivity index (χ4v) is 2.92. The number of nitrogens with one attached hydrogen (secondary N) is 1. The van der Waals surface area contributed by atoms with Gasteiger partial charge < -0.3 is 10.1 Å². The molecule has 1 atom stereocenters. The van der Waals surface area contributed by atoms with Gasteiger partial charge in [0.25, 0.3) is 5.91 Å². The van der Waals surface area contributed by atoms with Crippen LogP contribution in [-0.4, -0.2) is 13.0 Å². The van der Waals surface area contributed by atoms with Crippen LogP contribution in [0.3, 0.4) is 0 Å². The molecule has 0 spiro atoms. The Morgan fingerprint density at radius 3 is 2.52 bits per heavy atom. The first-order valence-electron chi connectivity index (χ1n) is 7.67. The Kier molecular flexibility index (Phi) is 5.67. The van der Waals surface area contributed by atoms with E-state index in [9.17, 15) is 4.79 Å². The molecule has 0 heterocycles. The van der Waals surface area contributed by atoms with E-state index >= 15 is 0 Å². The monoisotopic (exact) mass is 331 g/mol. The molecular formula is C19H22ClNO2. The van der Waals surface area contributed by atoms with Gasteiger partial charge in [-0.05, 0) is 49.6 Å². The number of ether oxygens (including phenoxy) is 1. The molecule has 0 aliphatic carbocycles. The third-order valence-corrected chi connectivity index (χ3v) is 4.22. The van der Waals surface area contributed by atoms with Crippen LogP contribution in [-0.2, 0) is 0 Å². The van der Waals surface area contributed by atoms with Crippen LogP contribution in [0.15, 0.2) is 36.4 Å². The predicted octanol–water partition coefficient (Wildman–Crippen LogP) is 4.85. The molecule has 122 valence electrons. The Morgan fingerprint density at radius 1 is 1.22 bits per heavy atom. The van der Waals surface area contributed by atoms with Crippen molar-refractivity contribution >= 4 is 17.5 Å². The Morgan fingerprint density at radius 2 is 1.96 bits per heavy atom. The highest BCUT2D eigenvalue weighted by atomic mass is 35.5. The van der Waals surface area contributed by atoms with Crippen molar-refractivity contribution in [1.29, 1.82) is 0 Å². The normalized spacial score (nSPS) is 11.9. The van der Waals surface area contributed by atoms with Crippen molar-refractivity contribution in [1.82, 2.24) is 5.32 Å². The largest absolute Gasteiger partial charge is 0.495 e. The minimum Gasteiger partial charge on any atom is -0.495 e. The number of rotatable bonds is 5. The molecule has 0 bridgehead atoms. The minimum absolute atomic E-state index is 0.0241. The van der Waals surface area contributed by atoms with E-state index in [1.807, 2.05) is 0 Å². The van der Waals surface area contributed by atoms with Crippen molar-refractivity contribution in [3.05, 3.63) is 63.7 Å². The maximum atomic E-state index is 12.5. The lowest BCUT2D eigenvalue weighted by molar-refractivity contribution is 0.0935. The molecule has 0 saturated heterocycles. The maximum absolute atomic E-state index is 12.5. The van der Waals surface area contributed by atoms with Crippen LogP contribution in [0.4, 0.5) is 0 Å². The molecule has 4 heteroatoms. The van der Waals surface area contributed by atoms with Gasteiger partial charge in [0.2, 0.25) is 0 Å². The van der Waals surface area contributed by atoms with Crippen molar-refractivity contribution in [2.75, 3.05) is 7.11 Å². The first kappa shape index (κ1) is 17.4. The van der Waals surface area contributed by atoms with Crippen LogP contribution >= 0.6 is 11.6 Å². The van der Waals surface area contributed by atoms with Crippen molar-refractivity contribution in [3.63, 3.8) is 0 Å². The van der Waals surface area contributed by atoms with E-state index < -0.39 is 0 Å². The average Bonchev–Trinajstić information content (AvgIpc) is 2.52. The fourth-order valence-electron chi connectivity index (χ4n) is 2.67. The van der Waals surface area contributed by atoms with Gasteiger partial charge in [-0.15, -0.1) is 0 Å². The summed E-state index contributed by atoms with van der Waals surface area (Å²) in [5.41, 5.74) is 4.07. The Bertz CT molecular complexity index is 713. The van der Waals surface area contributed by atoms with Gasteiger partial charge in [-0.1, -0.05) is 42.3 Å². The lowest BCUT2D eigenvalue weighted by Gasteiger charge is -2.20. The number of benzene rings is 2. The first-order valence-corrected chi connectivity index (χ1v) is 8.05. The lowest BCUT2D eigenvalue weighted by Crippen LogP contribution is -2.28. The summed E-state index contributed by atoms with van der Waals surface area (Å²) in [4.78, 5) is 12.5. The van der Waals surface area contributed by atoms with E-state index in [4.69, 9.17) is 16.3 Å². The molecule has 2 aromatic carbocycles. The smallest absolute Gasteiger partial charge is 0.251 e. The van der Waals surface area contributed by atoms with E-state index in [2.05, 4.69) is 44.3 Å². The zero-order valence-electron chi connectivity index (χ0n) is 13.9. The quantitative estimate of drug-likeness (QED) is 0.850. The summed E-state index contributed by atoms with van der Waals surface area (Å²) in [5.74, 6) is 0.422. The third-order valence-electron chi connectivity index (χ3n) is 3.93. The summed E-state index contributed by atoms with van der Waals surface area (Å²) < 4.78 is 5.11. The summed E-state index contributed by atoms with van der Waals surface area (Å²) in [6.07, 6.45) is 0.819. The zero-order valence-corrected chi connectivity index (χ0v) is 14.7. The topological polar surface area (TPSA) is 38.3 Å². The molecule has 23 heavy (non-hydrogen) atoms. The molecule has 1 N–H and O–H groups in total. The molecule has 3 nitrogen and oxygen atoms in total. The van der Waals surface area contributed by atoms with E-state index in [0.29, 0.717) is 16.3 Å². The fraction of sp³-hybridized carbons (Fsp3) is 0.316. The number of carbonyl (C=O) groups excluding carboxylic acids is 1. The maximum Gasteiger partial charge on any atom is 0.251 e. The van der Waals surface area contributed by atoms with Crippen LogP contribution < -0.4 is 10.1 Å². The second-order valence-electron chi connectivity index (χ2n) is 5.64. The highest BCUT2D eigenvalue weighted by Gasteiger charge is 2.16. The van der Waals surface area contributed by atoms with Gasteiger partial charge in [-0.3, -0.25) is 4.79 Å². The molecule has 0 aliphatic rings. The van der Waals surface area contributed by atoms with Gasteiger partial charge in [-0.25, -0.2) is 0 Å². The highest BCUT2D eigenvalue weighted by Crippen LogP contribution is 2.26. The molecule has 0 unspecified atom stereocenters. The van der Waals surface area contributed by atoms with Gasteiger partial charge in [0, 0.05) is 5.56 Å². The highest BCUT2D eigenvalue weighted by molar-refractivity contribution is 6.32. The second-order valence-corrected chi connectivity index (χ2v) is 6.05. The van der Waals surface area contributed by atoms with Crippen LogP contribution in [0.25, 0.3) is 0 Å². The number of methoxy groups -OCH3 is 1. The number of aryl methyl sites for hydroxylation is 2. The zero-order chi connectivity index (χ0) is 17.0. The average molecular weight is 332 g/mol. The second kappa shape index (κ2) is 7.51. The van der Waals surface area contributed by atoms with E-state index in [1.54, 1.807) is 25.3 Å². The molecule has 0 saturated carbocycles. The van der Waals surface area contributed by atoms with E-state index in [-0.39, 0.29) is 11.9 Å². The molecule has 0 fully saturated rings. The number of hydrogen-bond acceptors (Lipinski definition) is 2. The van der Waals surface area contributed by atoms with E-state index in [1.165, 1.54) is 11.1 Å². The van der Waals surface area contributed by atoms with Gasteiger partial charge in [0.15, 0.2) is 0 Å². The van der Waals surface area contributed by atoms with Crippen LogP contribution in [0, 0.1) is 13.8 Å². The van der Waals surface area contributed by atoms with Gasteiger partial charge >= 0.3 is 0 Å². The molecule has 1 amide bonds. The standard InChI is InChI=1S/C19H22ClNO2/c1-5-17(15-8-6-12(2)10-13(15)3)21-19(22)14-7-9-18(23-4)16(20)11-14/h6-11,17H,5H2,1-4H3,(H,21,22)/t17-/m1/s1. The Hall–Kier alpha value is -2.00. The Labute approximate surface area is 142 Å². The SMILES string of the molecule is CC[C@@H](NC(=O)c1ccc(OC)c(Cl)c1)c1ccc(C)cc1C. The first-order chi connectivity index (χ1) is 11.0. The molecule has 2 rings (SSSR count). The summed E-state index contributed by atoms with van der Waals surface area (Å²) >= 11 is 6.10. The van der Waals surface area contributed by atoms with Crippen molar-refractivity contribution in [2.24, 2.45) is 0 Å². The van der Waals surface area contributed by atoms with Gasteiger partial charge in [0.1, 0.15) is 5.75 Å². The van der Waals surface area contributed by atoms with Gasteiger partial charge in [-0.2, -0.15) is 0 Å². The van der Waals surface area contributed by atoms with Crippen molar-refractivity contribution in [3.8, 4) is 5.75 Å². The van der Waals surface area contributed by atoms with Crippen LogP contribution in [0.2, 0.25) is 5.02 Å². The summed E-state index contributed by atoms with van der Waals surface area (Å²) in [7, 11) is 1.55. The lowest BCUT2D eigenvalue weighted by atomic mass is 9.97. The molecule has 0 aliphatic heterocycles. The predicted molar refractivity (Wildman–Crippen MR) is 94.4 cm³/mol. The molecular weight excluding hydrogens is 310 g/mol. The third kappa shape index (κ3) is 4.05. The Balaban J connectivity index is 2.21. The summed E-state index contributed by atoms with van der Waals surface area (Å²) in [6.45, 7) is 6.20.